The normalized spacial score (nSPS) is 20.6. The number of hydrogen-bond acceptors (Lipinski definition) is 3. The Kier molecular flexibility index (Phi) is 5.60. The zero-order valence-electron chi connectivity index (χ0n) is 15.2. The molecule has 0 spiro atoms. The van der Waals surface area contributed by atoms with Crippen molar-refractivity contribution in [3.63, 3.8) is 0 Å². The van der Waals surface area contributed by atoms with E-state index in [1.165, 1.54) is 12.8 Å². The lowest BCUT2D eigenvalue weighted by atomic mass is 9.94. The topological polar surface area (TPSA) is 90.1 Å². The van der Waals surface area contributed by atoms with Crippen molar-refractivity contribution in [2.45, 2.75) is 51.9 Å². The van der Waals surface area contributed by atoms with E-state index in [0.29, 0.717) is 31.3 Å². The second-order valence-electron chi connectivity index (χ2n) is 7.76. The van der Waals surface area contributed by atoms with Crippen LogP contribution in [0.4, 0.5) is 10.6 Å². The van der Waals surface area contributed by atoms with Crippen molar-refractivity contribution in [2.24, 2.45) is 11.8 Å². The molecule has 25 heavy (non-hydrogen) atoms. The van der Waals surface area contributed by atoms with E-state index in [4.69, 9.17) is 0 Å². The highest BCUT2D eigenvalue weighted by Gasteiger charge is 2.29. The molecule has 2 fully saturated rings. The Morgan fingerprint density at radius 3 is 2.88 bits per heavy atom. The molecule has 1 saturated heterocycles. The molecule has 7 nitrogen and oxygen atoms in total. The summed E-state index contributed by atoms with van der Waals surface area (Å²) in [5.41, 5.74) is 1.12. The van der Waals surface area contributed by atoms with Crippen molar-refractivity contribution in [3.05, 3.63) is 11.8 Å². The summed E-state index contributed by atoms with van der Waals surface area (Å²) in [6.07, 6.45) is 6.53. The first-order chi connectivity index (χ1) is 12.0. The van der Waals surface area contributed by atoms with Crippen LogP contribution in [-0.2, 0) is 4.79 Å². The van der Waals surface area contributed by atoms with Crippen LogP contribution in [0.3, 0.4) is 0 Å². The first-order valence-electron chi connectivity index (χ1n) is 9.38. The van der Waals surface area contributed by atoms with Crippen molar-refractivity contribution in [3.8, 4) is 0 Å². The smallest absolute Gasteiger partial charge is 0.317 e. The highest BCUT2D eigenvalue weighted by molar-refractivity contribution is 5.90. The third kappa shape index (κ3) is 4.96. The second kappa shape index (κ2) is 7.89. The number of piperidine rings is 1. The molecule has 1 atom stereocenters. The third-order valence-corrected chi connectivity index (χ3v) is 4.89. The number of likely N-dealkylation sites (tertiary alicyclic amines) is 1. The molecular formula is C18H29N5O2. The van der Waals surface area contributed by atoms with Gasteiger partial charge in [-0.25, -0.2) is 4.79 Å². The van der Waals surface area contributed by atoms with Gasteiger partial charge in [-0.15, -0.1) is 0 Å². The Morgan fingerprint density at radius 1 is 1.36 bits per heavy atom. The monoisotopic (exact) mass is 347 g/mol. The standard InChI is InChI=1S/C18H29N5O2/c1-12(2)9-19-18(25)23-7-3-4-13(11-23)8-16(24)21-17-15(10-20-22-17)14-5-6-14/h10,12-14H,3-9,11H2,1-2H3,(H,19,25)(H2,20,21,22,24). The SMILES string of the molecule is CC(C)CNC(=O)N1CCCC(CC(=O)Nc2[nH]ncc2C2CC2)C1. The van der Waals surface area contributed by atoms with Gasteiger partial charge < -0.3 is 15.5 Å². The summed E-state index contributed by atoms with van der Waals surface area (Å²) in [7, 11) is 0. The second-order valence-corrected chi connectivity index (χ2v) is 7.76. The Balaban J connectivity index is 1.47. The van der Waals surface area contributed by atoms with E-state index in [2.05, 4.69) is 34.7 Å². The first kappa shape index (κ1) is 17.8. The number of urea groups is 1. The molecule has 7 heteroatoms. The fourth-order valence-corrected chi connectivity index (χ4v) is 3.37. The quantitative estimate of drug-likeness (QED) is 0.739. The van der Waals surface area contributed by atoms with Crippen LogP contribution in [0.2, 0.25) is 0 Å². The van der Waals surface area contributed by atoms with Crippen molar-refractivity contribution >= 4 is 17.8 Å². The van der Waals surface area contributed by atoms with E-state index in [9.17, 15) is 9.59 Å². The Labute approximate surface area is 148 Å². The highest BCUT2D eigenvalue weighted by Crippen LogP contribution is 2.42. The number of aromatic amines is 1. The number of hydrogen-bond donors (Lipinski definition) is 3. The van der Waals surface area contributed by atoms with Gasteiger partial charge in [-0.05, 0) is 43.4 Å². The molecule has 138 valence electrons. The minimum absolute atomic E-state index is 0.000545. The number of H-pyrrole nitrogens is 1. The molecule has 1 aromatic rings. The van der Waals surface area contributed by atoms with E-state index in [1.807, 2.05) is 11.1 Å². The lowest BCUT2D eigenvalue weighted by molar-refractivity contribution is -0.117. The molecule has 1 aliphatic heterocycles. The summed E-state index contributed by atoms with van der Waals surface area (Å²) in [5.74, 6) is 1.94. The van der Waals surface area contributed by atoms with E-state index >= 15 is 0 Å². The number of carbonyl (C=O) groups is 2. The van der Waals surface area contributed by atoms with E-state index in [0.717, 1.165) is 30.8 Å². The molecule has 3 amide bonds. The zero-order valence-corrected chi connectivity index (χ0v) is 15.2. The number of aromatic nitrogens is 2. The van der Waals surface area contributed by atoms with E-state index in [-0.39, 0.29) is 17.9 Å². The van der Waals surface area contributed by atoms with Gasteiger partial charge in [0.1, 0.15) is 5.82 Å². The Hall–Kier alpha value is -2.05. The molecule has 0 bridgehead atoms. The summed E-state index contributed by atoms with van der Waals surface area (Å²) in [5, 5.41) is 12.9. The van der Waals surface area contributed by atoms with Gasteiger partial charge in [0.25, 0.3) is 0 Å². The van der Waals surface area contributed by atoms with Crippen LogP contribution >= 0.6 is 0 Å². The predicted molar refractivity (Wildman–Crippen MR) is 96.3 cm³/mol. The molecule has 1 aliphatic carbocycles. The maximum atomic E-state index is 12.4. The van der Waals surface area contributed by atoms with Gasteiger partial charge in [-0.2, -0.15) is 5.10 Å². The maximum Gasteiger partial charge on any atom is 0.317 e. The van der Waals surface area contributed by atoms with Crippen LogP contribution in [0.25, 0.3) is 0 Å². The van der Waals surface area contributed by atoms with Crippen LogP contribution < -0.4 is 10.6 Å². The minimum atomic E-state index is -0.0107. The van der Waals surface area contributed by atoms with Gasteiger partial charge in [-0.1, -0.05) is 13.8 Å². The Morgan fingerprint density at radius 2 is 2.16 bits per heavy atom. The molecule has 1 unspecified atom stereocenters. The summed E-state index contributed by atoms with van der Waals surface area (Å²) in [4.78, 5) is 26.4. The van der Waals surface area contributed by atoms with Crippen molar-refractivity contribution in [1.82, 2.24) is 20.4 Å². The molecular weight excluding hydrogens is 318 g/mol. The van der Waals surface area contributed by atoms with Crippen LogP contribution in [0.5, 0.6) is 0 Å². The molecule has 1 saturated carbocycles. The lowest BCUT2D eigenvalue weighted by Gasteiger charge is -2.32. The van der Waals surface area contributed by atoms with Gasteiger partial charge in [0.05, 0.1) is 6.20 Å². The van der Waals surface area contributed by atoms with Crippen molar-refractivity contribution in [1.29, 1.82) is 0 Å². The number of amides is 3. The fraction of sp³-hybridized carbons (Fsp3) is 0.722. The van der Waals surface area contributed by atoms with Crippen molar-refractivity contribution < 1.29 is 9.59 Å². The minimum Gasteiger partial charge on any atom is -0.338 e. The van der Waals surface area contributed by atoms with Gasteiger partial charge in [0, 0.05) is 31.6 Å². The zero-order chi connectivity index (χ0) is 17.8. The molecule has 2 aliphatic rings. The number of nitrogens with one attached hydrogen (secondary N) is 3. The van der Waals surface area contributed by atoms with E-state index < -0.39 is 0 Å². The van der Waals surface area contributed by atoms with Crippen LogP contribution in [-0.4, -0.2) is 46.7 Å². The molecule has 2 heterocycles. The van der Waals surface area contributed by atoms with Gasteiger partial charge in [0.2, 0.25) is 5.91 Å². The summed E-state index contributed by atoms with van der Waals surface area (Å²) < 4.78 is 0. The van der Waals surface area contributed by atoms with Crippen LogP contribution in [0.15, 0.2) is 6.20 Å². The van der Waals surface area contributed by atoms with Gasteiger partial charge in [-0.3, -0.25) is 9.89 Å². The van der Waals surface area contributed by atoms with Crippen LogP contribution in [0.1, 0.15) is 57.4 Å². The van der Waals surface area contributed by atoms with Crippen molar-refractivity contribution in [2.75, 3.05) is 25.0 Å². The first-order valence-corrected chi connectivity index (χ1v) is 9.38. The number of nitrogens with zero attached hydrogens (tertiary/aromatic N) is 2. The number of anilines is 1. The van der Waals surface area contributed by atoms with Crippen LogP contribution in [0, 0.1) is 11.8 Å². The van der Waals surface area contributed by atoms with E-state index in [1.54, 1.807) is 0 Å². The average Bonchev–Trinajstić information content (AvgIpc) is 3.32. The molecule has 0 aromatic carbocycles. The Bertz CT molecular complexity index is 608. The molecule has 1 aromatic heterocycles. The maximum absolute atomic E-state index is 12.4. The fourth-order valence-electron chi connectivity index (χ4n) is 3.37. The highest BCUT2D eigenvalue weighted by atomic mass is 16.2. The summed E-state index contributed by atoms with van der Waals surface area (Å²) >= 11 is 0. The average molecular weight is 347 g/mol. The summed E-state index contributed by atoms with van der Waals surface area (Å²) in [6, 6.07) is -0.0107. The molecule has 3 rings (SSSR count). The van der Waals surface area contributed by atoms with Gasteiger partial charge in [0.15, 0.2) is 0 Å². The predicted octanol–water partition coefficient (Wildman–Crippen LogP) is 2.69. The molecule has 3 N–H and O–H groups in total. The van der Waals surface area contributed by atoms with Gasteiger partial charge >= 0.3 is 6.03 Å². The molecule has 0 radical (unpaired) electrons. The third-order valence-electron chi connectivity index (χ3n) is 4.89. The summed E-state index contributed by atoms with van der Waals surface area (Å²) in [6.45, 7) is 6.26. The number of rotatable bonds is 6. The number of carbonyl (C=O) groups excluding carboxylic acids is 2. The lowest BCUT2D eigenvalue weighted by Crippen LogP contribution is -2.46. The largest absolute Gasteiger partial charge is 0.338 e.